The molecule has 4 rings (SSSR count). The average Bonchev–Trinajstić information content (AvgIpc) is 2.88. The largest absolute Gasteiger partial charge is 0.478 e. The fourth-order valence-corrected chi connectivity index (χ4v) is 3.49. The Kier molecular flexibility index (Phi) is 7.02. The Bertz CT molecular complexity index is 1480. The van der Waals surface area contributed by atoms with Crippen molar-refractivity contribution in [1.29, 1.82) is 5.26 Å². The van der Waals surface area contributed by atoms with Crippen LogP contribution >= 0.6 is 0 Å². The molecular formula is C28H18F2N2O4. The van der Waals surface area contributed by atoms with Gasteiger partial charge in [0.1, 0.15) is 23.5 Å². The van der Waals surface area contributed by atoms with E-state index in [2.05, 4.69) is 5.32 Å². The summed E-state index contributed by atoms with van der Waals surface area (Å²) in [5.41, 5.74) is 1.68. The minimum atomic E-state index is -1.06. The normalized spacial score (nSPS) is 10.4. The fraction of sp³-hybridized carbons (Fsp3) is 0.0357. The first-order valence-electron chi connectivity index (χ1n) is 10.7. The second-order valence-corrected chi connectivity index (χ2v) is 7.76. The van der Waals surface area contributed by atoms with Crippen LogP contribution in [0.5, 0.6) is 11.5 Å². The van der Waals surface area contributed by atoms with Crippen LogP contribution in [0.3, 0.4) is 0 Å². The first kappa shape index (κ1) is 24.1. The van der Waals surface area contributed by atoms with Gasteiger partial charge in [0.05, 0.1) is 16.7 Å². The molecule has 36 heavy (non-hydrogen) atoms. The molecule has 0 bridgehead atoms. The summed E-state index contributed by atoms with van der Waals surface area (Å²) in [5, 5.41) is 21.6. The van der Waals surface area contributed by atoms with Gasteiger partial charge in [-0.15, -0.1) is 0 Å². The molecule has 0 unspecified atom stereocenters. The van der Waals surface area contributed by atoms with Gasteiger partial charge in [0.15, 0.2) is 5.75 Å². The monoisotopic (exact) mass is 484 g/mol. The number of carboxylic acid groups (broad SMARTS) is 1. The van der Waals surface area contributed by atoms with Crippen LogP contribution in [0.1, 0.15) is 31.8 Å². The van der Waals surface area contributed by atoms with Crippen molar-refractivity contribution in [2.75, 3.05) is 0 Å². The number of carbonyl (C=O) groups is 2. The first-order valence-corrected chi connectivity index (χ1v) is 10.7. The molecule has 1 amide bonds. The van der Waals surface area contributed by atoms with Crippen LogP contribution in [0, 0.1) is 23.0 Å². The van der Waals surface area contributed by atoms with Crippen molar-refractivity contribution >= 4 is 11.9 Å². The summed E-state index contributed by atoms with van der Waals surface area (Å²) in [6.45, 7) is 0.0702. The lowest BCUT2D eigenvalue weighted by Gasteiger charge is -2.15. The lowest BCUT2D eigenvalue weighted by Crippen LogP contribution is -2.23. The van der Waals surface area contributed by atoms with Crippen molar-refractivity contribution in [2.24, 2.45) is 0 Å². The van der Waals surface area contributed by atoms with Gasteiger partial charge in [-0.3, -0.25) is 4.79 Å². The molecule has 178 valence electrons. The molecular weight excluding hydrogens is 466 g/mol. The molecule has 4 aromatic carbocycles. The number of hydrogen-bond donors (Lipinski definition) is 2. The number of aromatic carboxylic acids is 1. The average molecular weight is 484 g/mol. The summed E-state index contributed by atoms with van der Waals surface area (Å²) in [4.78, 5) is 24.3. The standard InChI is InChI=1S/C28H18F2N2O4/c29-22-8-10-24(11-9-22)36-26-21(15-31)12-20(19-2-1-3-23(30)13-19)14-25(26)27(33)32-16-17-4-6-18(7-5-17)28(34)35/h1-14H,16H2,(H,32,33)(H,34,35). The maximum Gasteiger partial charge on any atom is 0.335 e. The smallest absolute Gasteiger partial charge is 0.335 e. The van der Waals surface area contributed by atoms with Crippen LogP contribution in [-0.2, 0) is 6.54 Å². The molecule has 0 atom stereocenters. The topological polar surface area (TPSA) is 99.4 Å². The number of hydrogen-bond acceptors (Lipinski definition) is 4. The Labute approximate surface area is 205 Å². The molecule has 0 spiro atoms. The van der Waals surface area contributed by atoms with Crippen molar-refractivity contribution in [2.45, 2.75) is 6.54 Å². The second-order valence-electron chi connectivity index (χ2n) is 7.76. The van der Waals surface area contributed by atoms with Gasteiger partial charge >= 0.3 is 5.97 Å². The zero-order valence-corrected chi connectivity index (χ0v) is 18.7. The number of nitrogens with zero attached hydrogens (tertiary/aromatic N) is 1. The number of carbonyl (C=O) groups excluding carboxylic acids is 1. The summed E-state index contributed by atoms with van der Waals surface area (Å²) in [6.07, 6.45) is 0. The zero-order valence-electron chi connectivity index (χ0n) is 18.7. The molecule has 0 radical (unpaired) electrons. The van der Waals surface area contributed by atoms with Gasteiger partial charge in [-0.05, 0) is 77.4 Å². The highest BCUT2D eigenvalue weighted by atomic mass is 19.1. The Morgan fingerprint density at radius 2 is 1.61 bits per heavy atom. The van der Waals surface area contributed by atoms with E-state index in [1.807, 2.05) is 6.07 Å². The van der Waals surface area contributed by atoms with Gasteiger partial charge in [0.2, 0.25) is 0 Å². The fourth-order valence-electron chi connectivity index (χ4n) is 3.49. The lowest BCUT2D eigenvalue weighted by molar-refractivity contribution is 0.0696. The molecule has 0 aliphatic carbocycles. The minimum absolute atomic E-state index is 0.0137. The van der Waals surface area contributed by atoms with Crippen molar-refractivity contribution < 1.29 is 28.2 Å². The highest BCUT2D eigenvalue weighted by Gasteiger charge is 2.20. The molecule has 0 fully saturated rings. The number of ether oxygens (including phenoxy) is 1. The van der Waals surface area contributed by atoms with E-state index in [0.29, 0.717) is 16.7 Å². The number of halogens is 2. The van der Waals surface area contributed by atoms with Crippen molar-refractivity contribution in [3.05, 3.63) is 119 Å². The Hall–Kier alpha value is -5.03. The van der Waals surface area contributed by atoms with Crippen LogP contribution in [0.25, 0.3) is 11.1 Å². The van der Waals surface area contributed by atoms with Gasteiger partial charge in [-0.2, -0.15) is 5.26 Å². The SMILES string of the molecule is N#Cc1cc(-c2cccc(F)c2)cc(C(=O)NCc2ccc(C(=O)O)cc2)c1Oc1ccc(F)cc1. The third-order valence-corrected chi connectivity index (χ3v) is 5.30. The molecule has 8 heteroatoms. The molecule has 0 heterocycles. The van der Waals surface area contributed by atoms with Gasteiger partial charge in [0, 0.05) is 6.54 Å². The Balaban J connectivity index is 1.71. The molecule has 0 aliphatic rings. The summed E-state index contributed by atoms with van der Waals surface area (Å²) >= 11 is 0. The van der Waals surface area contributed by atoms with Gasteiger partial charge in [-0.1, -0.05) is 24.3 Å². The maximum absolute atomic E-state index is 13.8. The predicted octanol–water partition coefficient (Wildman–Crippen LogP) is 5.92. The first-order chi connectivity index (χ1) is 17.3. The van der Waals surface area contributed by atoms with E-state index in [1.54, 1.807) is 18.2 Å². The molecule has 2 N–H and O–H groups in total. The minimum Gasteiger partial charge on any atom is -0.478 e. The maximum atomic E-state index is 13.8. The number of nitriles is 1. The summed E-state index contributed by atoms with van der Waals surface area (Å²) in [6, 6.07) is 21.8. The van der Waals surface area contributed by atoms with Crippen LogP contribution in [0.2, 0.25) is 0 Å². The highest BCUT2D eigenvalue weighted by molar-refractivity contribution is 5.99. The summed E-state index contributed by atoms with van der Waals surface area (Å²) in [7, 11) is 0. The van der Waals surface area contributed by atoms with E-state index in [0.717, 1.165) is 0 Å². The number of carboxylic acids is 1. The number of rotatable bonds is 7. The predicted molar refractivity (Wildman–Crippen MR) is 128 cm³/mol. The number of amides is 1. The van der Waals surface area contributed by atoms with Gasteiger partial charge in [0.25, 0.3) is 5.91 Å². The number of benzene rings is 4. The van der Waals surface area contributed by atoms with Crippen molar-refractivity contribution in [1.82, 2.24) is 5.32 Å². The molecule has 0 saturated carbocycles. The third-order valence-electron chi connectivity index (χ3n) is 5.30. The molecule has 4 aromatic rings. The second kappa shape index (κ2) is 10.5. The molecule has 0 aromatic heterocycles. The quantitative estimate of drug-likeness (QED) is 0.339. The van der Waals surface area contributed by atoms with Crippen LogP contribution in [0.4, 0.5) is 8.78 Å². The van der Waals surface area contributed by atoms with Crippen LogP contribution in [0.15, 0.2) is 84.9 Å². The van der Waals surface area contributed by atoms with E-state index in [-0.39, 0.29) is 34.7 Å². The van der Waals surface area contributed by atoms with E-state index in [1.165, 1.54) is 66.7 Å². The zero-order chi connectivity index (χ0) is 25.7. The Morgan fingerprint density at radius 3 is 2.25 bits per heavy atom. The van der Waals surface area contributed by atoms with E-state index >= 15 is 0 Å². The molecule has 0 saturated heterocycles. The molecule has 0 aliphatic heterocycles. The third kappa shape index (κ3) is 5.54. The van der Waals surface area contributed by atoms with Gasteiger partial charge in [-0.25, -0.2) is 13.6 Å². The summed E-state index contributed by atoms with van der Waals surface area (Å²) < 4.78 is 33.0. The van der Waals surface area contributed by atoms with E-state index < -0.39 is 23.5 Å². The summed E-state index contributed by atoms with van der Waals surface area (Å²) in [5.74, 6) is -2.42. The van der Waals surface area contributed by atoms with Gasteiger partial charge < -0.3 is 15.2 Å². The van der Waals surface area contributed by atoms with Crippen LogP contribution < -0.4 is 10.1 Å². The Morgan fingerprint density at radius 1 is 0.889 bits per heavy atom. The van der Waals surface area contributed by atoms with Crippen molar-refractivity contribution in [3.8, 4) is 28.7 Å². The highest BCUT2D eigenvalue weighted by Crippen LogP contribution is 2.34. The van der Waals surface area contributed by atoms with E-state index in [4.69, 9.17) is 9.84 Å². The van der Waals surface area contributed by atoms with Crippen molar-refractivity contribution in [3.63, 3.8) is 0 Å². The molecule has 6 nitrogen and oxygen atoms in total. The van der Waals surface area contributed by atoms with Crippen LogP contribution in [-0.4, -0.2) is 17.0 Å². The van der Waals surface area contributed by atoms with E-state index in [9.17, 15) is 23.6 Å². The number of nitrogens with one attached hydrogen (secondary N) is 1. The lowest BCUT2D eigenvalue weighted by atomic mass is 9.98.